The van der Waals surface area contributed by atoms with Gasteiger partial charge in [-0.05, 0) is 31.0 Å². The molecule has 5 heteroatoms. The third-order valence-corrected chi connectivity index (χ3v) is 4.38. The van der Waals surface area contributed by atoms with Crippen molar-refractivity contribution < 1.29 is 14.3 Å². The highest BCUT2D eigenvalue weighted by molar-refractivity contribution is 5.96. The maximum atomic E-state index is 12.7. The summed E-state index contributed by atoms with van der Waals surface area (Å²) in [6, 6.07) is 5.49. The summed E-state index contributed by atoms with van der Waals surface area (Å²) in [5.41, 5.74) is 0.433. The van der Waals surface area contributed by atoms with Gasteiger partial charge in [0.2, 0.25) is 12.7 Å². The SMILES string of the molecule is CC(C)C1(C(=O)Nc2ccc3c(c2)OCO3)CCNC1. The average molecular weight is 276 g/mol. The number of rotatable bonds is 3. The number of ether oxygens (including phenoxy) is 2. The van der Waals surface area contributed by atoms with Crippen LogP contribution in [-0.2, 0) is 4.79 Å². The molecule has 0 aromatic heterocycles. The molecule has 0 spiro atoms. The van der Waals surface area contributed by atoms with Crippen LogP contribution in [0, 0.1) is 11.3 Å². The van der Waals surface area contributed by atoms with E-state index in [1.807, 2.05) is 18.2 Å². The van der Waals surface area contributed by atoms with Crippen LogP contribution in [0.15, 0.2) is 18.2 Å². The van der Waals surface area contributed by atoms with Crippen molar-refractivity contribution in [2.75, 3.05) is 25.2 Å². The van der Waals surface area contributed by atoms with Crippen LogP contribution in [-0.4, -0.2) is 25.8 Å². The second-order valence-electron chi connectivity index (χ2n) is 5.76. The third kappa shape index (κ3) is 2.12. The van der Waals surface area contributed by atoms with Crippen molar-refractivity contribution in [3.05, 3.63) is 18.2 Å². The van der Waals surface area contributed by atoms with E-state index in [-0.39, 0.29) is 18.1 Å². The molecule has 2 heterocycles. The van der Waals surface area contributed by atoms with Gasteiger partial charge in [-0.3, -0.25) is 4.79 Å². The number of benzene rings is 1. The lowest BCUT2D eigenvalue weighted by Gasteiger charge is -2.31. The first kappa shape index (κ1) is 13.2. The molecule has 2 aliphatic heterocycles. The monoisotopic (exact) mass is 276 g/mol. The lowest BCUT2D eigenvalue weighted by Crippen LogP contribution is -2.42. The third-order valence-electron chi connectivity index (χ3n) is 4.38. The fourth-order valence-corrected chi connectivity index (χ4v) is 2.89. The van der Waals surface area contributed by atoms with Crippen molar-refractivity contribution in [3.8, 4) is 11.5 Å². The Morgan fingerprint density at radius 2 is 2.15 bits per heavy atom. The van der Waals surface area contributed by atoms with Crippen molar-refractivity contribution in [3.63, 3.8) is 0 Å². The molecule has 1 unspecified atom stereocenters. The highest BCUT2D eigenvalue weighted by Gasteiger charge is 2.43. The van der Waals surface area contributed by atoms with Crippen LogP contribution in [0.1, 0.15) is 20.3 Å². The summed E-state index contributed by atoms with van der Waals surface area (Å²) >= 11 is 0. The van der Waals surface area contributed by atoms with Crippen LogP contribution in [0.4, 0.5) is 5.69 Å². The number of anilines is 1. The van der Waals surface area contributed by atoms with Gasteiger partial charge in [-0.1, -0.05) is 13.8 Å². The second-order valence-corrected chi connectivity index (χ2v) is 5.76. The molecule has 20 heavy (non-hydrogen) atoms. The van der Waals surface area contributed by atoms with Gasteiger partial charge in [0.25, 0.3) is 0 Å². The minimum Gasteiger partial charge on any atom is -0.454 e. The van der Waals surface area contributed by atoms with E-state index >= 15 is 0 Å². The van der Waals surface area contributed by atoms with E-state index in [4.69, 9.17) is 9.47 Å². The lowest BCUT2D eigenvalue weighted by molar-refractivity contribution is -0.126. The maximum Gasteiger partial charge on any atom is 0.232 e. The van der Waals surface area contributed by atoms with E-state index < -0.39 is 0 Å². The summed E-state index contributed by atoms with van der Waals surface area (Å²) in [6.45, 7) is 6.08. The van der Waals surface area contributed by atoms with Gasteiger partial charge in [-0.15, -0.1) is 0 Å². The van der Waals surface area contributed by atoms with Crippen LogP contribution in [0.25, 0.3) is 0 Å². The minimum absolute atomic E-state index is 0.0800. The molecule has 1 aromatic rings. The zero-order chi connectivity index (χ0) is 14.2. The number of fused-ring (bicyclic) bond motifs is 1. The first-order chi connectivity index (χ1) is 9.62. The first-order valence-corrected chi connectivity index (χ1v) is 7.04. The predicted octanol–water partition coefficient (Wildman–Crippen LogP) is 1.99. The molecule has 2 N–H and O–H groups in total. The summed E-state index contributed by atoms with van der Waals surface area (Å²) in [6.07, 6.45) is 0.876. The number of amides is 1. The minimum atomic E-state index is -0.323. The van der Waals surface area contributed by atoms with Gasteiger partial charge in [-0.25, -0.2) is 0 Å². The topological polar surface area (TPSA) is 59.6 Å². The van der Waals surface area contributed by atoms with Gasteiger partial charge in [0.1, 0.15) is 0 Å². The summed E-state index contributed by atoms with van der Waals surface area (Å²) in [7, 11) is 0. The highest BCUT2D eigenvalue weighted by atomic mass is 16.7. The normalized spacial score (nSPS) is 24.1. The molecule has 0 saturated carbocycles. The van der Waals surface area contributed by atoms with Gasteiger partial charge >= 0.3 is 0 Å². The van der Waals surface area contributed by atoms with Crippen LogP contribution in [0.2, 0.25) is 0 Å². The molecule has 1 saturated heterocycles. The summed E-state index contributed by atoms with van der Waals surface area (Å²) in [5, 5.41) is 6.32. The molecule has 1 atom stereocenters. The largest absolute Gasteiger partial charge is 0.454 e. The zero-order valence-electron chi connectivity index (χ0n) is 11.9. The molecular formula is C15H20N2O3. The van der Waals surface area contributed by atoms with Crippen LogP contribution in [0.3, 0.4) is 0 Å². The lowest BCUT2D eigenvalue weighted by atomic mass is 9.75. The summed E-state index contributed by atoms with van der Waals surface area (Å²) in [4.78, 5) is 12.7. The van der Waals surface area contributed by atoms with E-state index in [1.54, 1.807) is 0 Å². The second kappa shape index (κ2) is 4.98. The Morgan fingerprint density at radius 1 is 1.35 bits per heavy atom. The number of nitrogens with one attached hydrogen (secondary N) is 2. The van der Waals surface area contributed by atoms with Gasteiger partial charge in [0.05, 0.1) is 5.41 Å². The van der Waals surface area contributed by atoms with Crippen molar-refractivity contribution in [1.29, 1.82) is 0 Å². The van der Waals surface area contributed by atoms with Gasteiger partial charge in [-0.2, -0.15) is 0 Å². The standard InChI is InChI=1S/C15H20N2O3/c1-10(2)15(5-6-16-8-15)14(18)17-11-3-4-12-13(7-11)20-9-19-12/h3-4,7,10,16H,5-6,8-9H2,1-2H3,(H,17,18). The molecule has 0 bridgehead atoms. The maximum absolute atomic E-state index is 12.7. The Morgan fingerprint density at radius 3 is 2.85 bits per heavy atom. The van der Waals surface area contributed by atoms with E-state index in [9.17, 15) is 4.79 Å². The van der Waals surface area contributed by atoms with Gasteiger partial charge in [0, 0.05) is 18.3 Å². The van der Waals surface area contributed by atoms with Crippen molar-refractivity contribution in [2.24, 2.45) is 11.3 Å². The molecule has 0 radical (unpaired) electrons. The first-order valence-electron chi connectivity index (χ1n) is 7.04. The zero-order valence-corrected chi connectivity index (χ0v) is 11.9. The molecule has 0 aliphatic carbocycles. The number of carbonyl (C=O) groups is 1. The molecule has 1 aromatic carbocycles. The molecule has 108 valence electrons. The fourth-order valence-electron chi connectivity index (χ4n) is 2.89. The quantitative estimate of drug-likeness (QED) is 0.886. The van der Waals surface area contributed by atoms with E-state index in [0.29, 0.717) is 11.7 Å². The van der Waals surface area contributed by atoms with Gasteiger partial charge in [0.15, 0.2) is 11.5 Å². The summed E-state index contributed by atoms with van der Waals surface area (Å²) < 4.78 is 10.6. The molecule has 3 rings (SSSR count). The van der Waals surface area contributed by atoms with Crippen LogP contribution in [0.5, 0.6) is 11.5 Å². The van der Waals surface area contributed by atoms with Crippen molar-refractivity contribution in [2.45, 2.75) is 20.3 Å². The average Bonchev–Trinajstić information content (AvgIpc) is 3.07. The predicted molar refractivity (Wildman–Crippen MR) is 76.0 cm³/mol. The number of hydrogen-bond donors (Lipinski definition) is 2. The number of carbonyl (C=O) groups excluding carboxylic acids is 1. The van der Waals surface area contributed by atoms with Crippen molar-refractivity contribution >= 4 is 11.6 Å². The van der Waals surface area contributed by atoms with E-state index in [2.05, 4.69) is 24.5 Å². The van der Waals surface area contributed by atoms with Crippen LogP contribution < -0.4 is 20.1 Å². The Kier molecular flexibility index (Phi) is 3.30. The molecule has 1 amide bonds. The molecule has 1 fully saturated rings. The Labute approximate surface area is 118 Å². The Hall–Kier alpha value is -1.75. The highest BCUT2D eigenvalue weighted by Crippen LogP contribution is 2.37. The van der Waals surface area contributed by atoms with Crippen LogP contribution >= 0.6 is 0 Å². The van der Waals surface area contributed by atoms with Gasteiger partial charge < -0.3 is 20.1 Å². The summed E-state index contributed by atoms with van der Waals surface area (Å²) in [5.74, 6) is 1.79. The van der Waals surface area contributed by atoms with E-state index in [1.165, 1.54) is 0 Å². The Bertz CT molecular complexity index is 522. The Balaban J connectivity index is 1.78. The molecule has 5 nitrogen and oxygen atoms in total. The fraction of sp³-hybridized carbons (Fsp3) is 0.533. The molecule has 2 aliphatic rings. The molecular weight excluding hydrogens is 256 g/mol. The van der Waals surface area contributed by atoms with Crippen molar-refractivity contribution in [1.82, 2.24) is 5.32 Å². The van der Waals surface area contributed by atoms with E-state index in [0.717, 1.165) is 30.9 Å². The smallest absolute Gasteiger partial charge is 0.232 e. The number of hydrogen-bond acceptors (Lipinski definition) is 4.